The van der Waals surface area contributed by atoms with Gasteiger partial charge in [-0.25, -0.2) is 9.97 Å². The summed E-state index contributed by atoms with van der Waals surface area (Å²) in [7, 11) is 1.70. The number of thiazole rings is 1. The minimum atomic E-state index is -0.0511. The number of nitrogens with one attached hydrogen (secondary N) is 2. The highest BCUT2D eigenvalue weighted by molar-refractivity contribution is 7.09. The number of hydrogen-bond donors (Lipinski definition) is 2. The van der Waals surface area contributed by atoms with Crippen molar-refractivity contribution in [1.82, 2.24) is 15.3 Å². The largest absolute Gasteiger partial charge is 0.379 e. The van der Waals surface area contributed by atoms with Gasteiger partial charge in [-0.2, -0.15) is 5.26 Å². The van der Waals surface area contributed by atoms with E-state index < -0.39 is 0 Å². The number of rotatable bonds is 7. The van der Waals surface area contributed by atoms with Crippen molar-refractivity contribution < 1.29 is 9.53 Å². The first-order valence-corrected chi connectivity index (χ1v) is 10.3. The van der Waals surface area contributed by atoms with Gasteiger partial charge in [0.15, 0.2) is 0 Å². The monoisotopic (exact) mass is 399 g/mol. The molecule has 0 saturated heterocycles. The molecule has 1 saturated carbocycles. The Morgan fingerprint density at radius 3 is 2.89 bits per heavy atom. The fourth-order valence-electron chi connectivity index (χ4n) is 3.56. The molecule has 7 nitrogen and oxygen atoms in total. The second-order valence-electron chi connectivity index (χ2n) is 6.98. The molecule has 1 aliphatic carbocycles. The lowest BCUT2D eigenvalue weighted by Crippen LogP contribution is -2.45. The number of hydrogen-bond acceptors (Lipinski definition) is 7. The van der Waals surface area contributed by atoms with Crippen molar-refractivity contribution in [1.29, 1.82) is 5.26 Å². The smallest absolute Gasteiger partial charge is 0.223 e. The van der Waals surface area contributed by atoms with Gasteiger partial charge in [0, 0.05) is 37.1 Å². The number of carbonyl (C=O) groups is 1. The number of aryl methyl sites for hydroxylation is 1. The summed E-state index contributed by atoms with van der Waals surface area (Å²) in [6.45, 7) is 2.62. The van der Waals surface area contributed by atoms with Crippen LogP contribution in [0, 0.1) is 24.2 Å². The number of anilines is 1. The molecule has 0 spiro atoms. The van der Waals surface area contributed by atoms with Gasteiger partial charge >= 0.3 is 0 Å². The van der Waals surface area contributed by atoms with Crippen LogP contribution in [0.5, 0.6) is 0 Å². The minimum Gasteiger partial charge on any atom is -0.379 e. The normalized spacial score (nSPS) is 21.7. The molecule has 2 aromatic heterocycles. The Kier molecular flexibility index (Phi) is 6.95. The zero-order chi connectivity index (χ0) is 19.9. The van der Waals surface area contributed by atoms with E-state index >= 15 is 0 Å². The number of amides is 1. The zero-order valence-corrected chi connectivity index (χ0v) is 17.0. The third kappa shape index (κ3) is 5.06. The van der Waals surface area contributed by atoms with Crippen molar-refractivity contribution in [3.63, 3.8) is 0 Å². The van der Waals surface area contributed by atoms with E-state index in [0.29, 0.717) is 24.3 Å². The van der Waals surface area contributed by atoms with Gasteiger partial charge in [-0.05, 0) is 38.3 Å². The highest BCUT2D eigenvalue weighted by Crippen LogP contribution is 2.28. The highest BCUT2D eigenvalue weighted by Gasteiger charge is 2.34. The maximum absolute atomic E-state index is 12.6. The Morgan fingerprint density at radius 2 is 2.25 bits per heavy atom. The quantitative estimate of drug-likeness (QED) is 0.742. The SMILES string of the molecule is CO[C@@H]1CC[C@H](C(=O)NCCc2scnc2C)C[C@H]1Nc1ccc(C#N)cn1. The lowest BCUT2D eigenvalue weighted by molar-refractivity contribution is -0.126. The van der Waals surface area contributed by atoms with Gasteiger partial charge in [0.2, 0.25) is 5.91 Å². The van der Waals surface area contributed by atoms with Crippen molar-refractivity contribution in [3.05, 3.63) is 40.0 Å². The highest BCUT2D eigenvalue weighted by atomic mass is 32.1. The van der Waals surface area contributed by atoms with Crippen LogP contribution in [0.25, 0.3) is 0 Å². The molecule has 148 valence electrons. The summed E-state index contributed by atoms with van der Waals surface area (Å²) in [6, 6.07) is 5.57. The zero-order valence-electron chi connectivity index (χ0n) is 16.1. The Balaban J connectivity index is 1.54. The van der Waals surface area contributed by atoms with Crippen LogP contribution >= 0.6 is 11.3 Å². The summed E-state index contributed by atoms with van der Waals surface area (Å²) >= 11 is 1.63. The van der Waals surface area contributed by atoms with E-state index in [-0.39, 0.29) is 24.0 Å². The summed E-state index contributed by atoms with van der Waals surface area (Å²) in [5.41, 5.74) is 3.40. The average Bonchev–Trinajstić information content (AvgIpc) is 3.13. The predicted octanol–water partition coefficient (Wildman–Crippen LogP) is 2.67. The van der Waals surface area contributed by atoms with E-state index in [2.05, 4.69) is 26.7 Å². The van der Waals surface area contributed by atoms with E-state index in [4.69, 9.17) is 10.00 Å². The van der Waals surface area contributed by atoms with Gasteiger partial charge in [0.25, 0.3) is 0 Å². The molecule has 0 unspecified atom stereocenters. The van der Waals surface area contributed by atoms with Crippen LogP contribution in [0.4, 0.5) is 5.82 Å². The van der Waals surface area contributed by atoms with E-state index in [0.717, 1.165) is 25.0 Å². The molecule has 8 heteroatoms. The van der Waals surface area contributed by atoms with Crippen LogP contribution in [0.1, 0.15) is 35.4 Å². The van der Waals surface area contributed by atoms with Crippen LogP contribution in [-0.4, -0.2) is 41.7 Å². The van der Waals surface area contributed by atoms with E-state index in [1.807, 2.05) is 12.4 Å². The second-order valence-corrected chi connectivity index (χ2v) is 7.92. The van der Waals surface area contributed by atoms with Gasteiger partial charge in [0.05, 0.1) is 28.9 Å². The molecule has 0 aromatic carbocycles. The molecule has 3 rings (SSSR count). The van der Waals surface area contributed by atoms with E-state index in [1.54, 1.807) is 36.8 Å². The minimum absolute atomic E-state index is 0.00123. The summed E-state index contributed by atoms with van der Waals surface area (Å²) in [5, 5.41) is 15.3. The Hall–Kier alpha value is -2.50. The van der Waals surface area contributed by atoms with Gasteiger partial charge < -0.3 is 15.4 Å². The number of methoxy groups -OCH3 is 1. The molecule has 28 heavy (non-hydrogen) atoms. The summed E-state index contributed by atoms with van der Waals surface area (Å²) in [6.07, 6.45) is 4.69. The van der Waals surface area contributed by atoms with E-state index in [9.17, 15) is 4.79 Å². The van der Waals surface area contributed by atoms with Crippen molar-refractivity contribution in [3.8, 4) is 6.07 Å². The molecule has 3 atom stereocenters. The molecule has 0 radical (unpaired) electrons. The fraction of sp³-hybridized carbons (Fsp3) is 0.500. The first kappa shape index (κ1) is 20.2. The molecular formula is C20H25N5O2S. The van der Waals surface area contributed by atoms with Crippen LogP contribution in [0.3, 0.4) is 0 Å². The number of aromatic nitrogens is 2. The fourth-order valence-corrected chi connectivity index (χ4v) is 4.34. The van der Waals surface area contributed by atoms with Gasteiger partial charge in [-0.1, -0.05) is 0 Å². The lowest BCUT2D eigenvalue weighted by Gasteiger charge is -2.35. The Labute approximate surface area is 169 Å². The maximum atomic E-state index is 12.6. The number of nitriles is 1. The molecular weight excluding hydrogens is 374 g/mol. The van der Waals surface area contributed by atoms with Gasteiger partial charge in [-0.15, -0.1) is 11.3 Å². The van der Waals surface area contributed by atoms with Crippen molar-refractivity contribution in [2.45, 2.75) is 44.8 Å². The summed E-state index contributed by atoms with van der Waals surface area (Å²) in [5.74, 6) is 0.730. The van der Waals surface area contributed by atoms with Crippen LogP contribution in [0.2, 0.25) is 0 Å². The average molecular weight is 400 g/mol. The molecule has 2 N–H and O–H groups in total. The number of pyridine rings is 1. The summed E-state index contributed by atoms with van der Waals surface area (Å²) < 4.78 is 5.61. The molecule has 1 amide bonds. The summed E-state index contributed by atoms with van der Waals surface area (Å²) in [4.78, 5) is 22.4. The van der Waals surface area contributed by atoms with E-state index in [1.165, 1.54) is 4.88 Å². The predicted molar refractivity (Wildman–Crippen MR) is 108 cm³/mol. The van der Waals surface area contributed by atoms with Crippen LogP contribution in [-0.2, 0) is 16.0 Å². The lowest BCUT2D eigenvalue weighted by atomic mass is 9.83. The first-order chi connectivity index (χ1) is 13.6. The van der Waals surface area contributed by atoms with Crippen molar-refractivity contribution >= 4 is 23.1 Å². The third-order valence-corrected chi connectivity index (χ3v) is 6.18. The molecule has 2 aromatic rings. The van der Waals surface area contributed by atoms with Crippen molar-refractivity contribution in [2.75, 3.05) is 19.0 Å². The maximum Gasteiger partial charge on any atom is 0.223 e. The molecule has 1 aliphatic rings. The number of carbonyl (C=O) groups excluding carboxylic acids is 1. The number of ether oxygens (including phenoxy) is 1. The third-order valence-electron chi connectivity index (χ3n) is 5.18. The molecule has 2 heterocycles. The molecule has 1 fully saturated rings. The standard InChI is InChI=1S/C20H25N5O2S/c1-13-18(28-12-24-13)7-8-22-20(26)15-4-5-17(27-2)16(9-15)25-19-6-3-14(10-21)11-23-19/h3,6,11-12,15-17H,4-5,7-9H2,1-2H3,(H,22,26)(H,23,25)/t15-,16+,17+/m0/s1. The van der Waals surface area contributed by atoms with Crippen LogP contribution in [0.15, 0.2) is 23.8 Å². The van der Waals surface area contributed by atoms with Gasteiger partial charge in [-0.3, -0.25) is 4.79 Å². The Morgan fingerprint density at radius 1 is 1.39 bits per heavy atom. The molecule has 0 aliphatic heterocycles. The topological polar surface area (TPSA) is 99.9 Å². The first-order valence-electron chi connectivity index (χ1n) is 9.43. The Bertz CT molecular complexity index is 830. The second kappa shape index (κ2) is 9.62. The van der Waals surface area contributed by atoms with Crippen LogP contribution < -0.4 is 10.6 Å². The number of nitrogens with zero attached hydrogens (tertiary/aromatic N) is 3. The van der Waals surface area contributed by atoms with Crippen molar-refractivity contribution in [2.24, 2.45) is 5.92 Å². The molecule has 0 bridgehead atoms. The van der Waals surface area contributed by atoms with Gasteiger partial charge in [0.1, 0.15) is 11.9 Å².